The van der Waals surface area contributed by atoms with Gasteiger partial charge in [-0.3, -0.25) is 24.1 Å². The number of rotatable bonds is 5. The van der Waals surface area contributed by atoms with Crippen molar-refractivity contribution in [1.29, 1.82) is 0 Å². The van der Waals surface area contributed by atoms with E-state index in [0.29, 0.717) is 0 Å². The van der Waals surface area contributed by atoms with E-state index in [2.05, 4.69) is 5.32 Å². The van der Waals surface area contributed by atoms with Crippen molar-refractivity contribution in [2.24, 2.45) is 11.8 Å². The van der Waals surface area contributed by atoms with Crippen molar-refractivity contribution in [3.8, 4) is 0 Å². The second kappa shape index (κ2) is 9.07. The molecule has 3 aromatic carbocycles. The van der Waals surface area contributed by atoms with Crippen molar-refractivity contribution in [2.75, 3.05) is 18.5 Å². The van der Waals surface area contributed by atoms with Gasteiger partial charge in [0, 0.05) is 11.8 Å². The number of esters is 1. The summed E-state index contributed by atoms with van der Waals surface area (Å²) < 4.78 is 44.4. The maximum absolute atomic E-state index is 13.5. The van der Waals surface area contributed by atoms with Gasteiger partial charge in [0.25, 0.3) is 5.91 Å². The van der Waals surface area contributed by atoms with Crippen LogP contribution in [0, 0.1) is 11.8 Å². The number of carbonyl (C=O) groups is 4. The monoisotopic (exact) mass is 534 g/mol. The molecule has 2 atom stereocenters. The van der Waals surface area contributed by atoms with Crippen LogP contribution < -0.4 is 5.32 Å². The molecule has 3 amide bonds. The van der Waals surface area contributed by atoms with E-state index in [0.717, 1.165) is 39.3 Å². The zero-order valence-electron chi connectivity index (χ0n) is 20.3. The van der Waals surface area contributed by atoms with Gasteiger partial charge in [0.1, 0.15) is 6.54 Å². The molecule has 1 aliphatic heterocycles. The van der Waals surface area contributed by atoms with Crippen molar-refractivity contribution in [2.45, 2.75) is 18.0 Å². The van der Waals surface area contributed by atoms with Gasteiger partial charge in [-0.1, -0.05) is 60.7 Å². The van der Waals surface area contributed by atoms with Crippen LogP contribution in [0.2, 0.25) is 0 Å². The van der Waals surface area contributed by atoms with Crippen LogP contribution in [0.4, 0.5) is 18.9 Å². The third-order valence-corrected chi connectivity index (χ3v) is 7.70. The van der Waals surface area contributed by atoms with E-state index in [9.17, 15) is 32.3 Å². The third-order valence-electron chi connectivity index (χ3n) is 7.70. The van der Waals surface area contributed by atoms with E-state index < -0.39 is 66.1 Å². The lowest BCUT2D eigenvalue weighted by Crippen LogP contribution is -2.41. The number of benzene rings is 3. The topological polar surface area (TPSA) is 92.8 Å². The second-order valence-corrected chi connectivity index (χ2v) is 9.78. The smallest absolute Gasteiger partial charge is 0.418 e. The fraction of sp³-hybridized carbons (Fsp3) is 0.241. The normalized spacial score (nSPS) is 22.7. The molecule has 0 radical (unpaired) electrons. The lowest BCUT2D eigenvalue weighted by Gasteiger charge is -2.45. The summed E-state index contributed by atoms with van der Waals surface area (Å²) in [6, 6.07) is 19.8. The molecule has 1 N–H and O–H groups in total. The van der Waals surface area contributed by atoms with Gasteiger partial charge in [0.15, 0.2) is 6.61 Å². The molecule has 1 saturated heterocycles. The molecular weight excluding hydrogens is 513 g/mol. The Morgan fingerprint density at radius 1 is 0.769 bits per heavy atom. The minimum atomic E-state index is -4.69. The van der Waals surface area contributed by atoms with Crippen molar-refractivity contribution in [3.63, 3.8) is 0 Å². The van der Waals surface area contributed by atoms with Crippen LogP contribution in [0.5, 0.6) is 0 Å². The number of halogens is 3. The summed E-state index contributed by atoms with van der Waals surface area (Å²) in [6.45, 7) is -1.57. The highest BCUT2D eigenvalue weighted by Gasteiger charge is 2.61. The summed E-state index contributed by atoms with van der Waals surface area (Å²) in [6.07, 6.45) is -4.69. The average Bonchev–Trinajstić information content (AvgIpc) is 3.17. The molecule has 3 aromatic rings. The first-order valence-electron chi connectivity index (χ1n) is 12.3. The Morgan fingerprint density at radius 2 is 1.23 bits per heavy atom. The minimum absolute atomic E-state index is 0.329. The first-order chi connectivity index (χ1) is 18.7. The predicted molar refractivity (Wildman–Crippen MR) is 131 cm³/mol. The highest BCUT2D eigenvalue weighted by Crippen LogP contribution is 2.60. The quantitative estimate of drug-likeness (QED) is 0.394. The number of nitrogens with one attached hydrogen (secondary N) is 1. The van der Waals surface area contributed by atoms with Gasteiger partial charge < -0.3 is 10.1 Å². The number of nitrogens with zero attached hydrogens (tertiary/aromatic N) is 1. The molecule has 2 bridgehead atoms. The Labute approximate surface area is 220 Å². The highest BCUT2D eigenvalue weighted by atomic mass is 19.4. The van der Waals surface area contributed by atoms with E-state index >= 15 is 0 Å². The lowest BCUT2D eigenvalue weighted by molar-refractivity contribution is -0.154. The van der Waals surface area contributed by atoms with Crippen LogP contribution in [0.3, 0.4) is 0 Å². The summed E-state index contributed by atoms with van der Waals surface area (Å²) in [5, 5.41) is 2.08. The second-order valence-electron chi connectivity index (χ2n) is 9.78. The average molecular weight is 534 g/mol. The fourth-order valence-corrected chi connectivity index (χ4v) is 6.24. The molecular formula is C29H21F3N2O5. The molecule has 0 spiro atoms. The number of para-hydroxylation sites is 1. The number of alkyl halides is 3. The van der Waals surface area contributed by atoms with Gasteiger partial charge in [-0.2, -0.15) is 13.2 Å². The summed E-state index contributed by atoms with van der Waals surface area (Å²) in [5.41, 5.74) is 2.44. The molecule has 10 heteroatoms. The van der Waals surface area contributed by atoms with Gasteiger partial charge in [-0.15, -0.1) is 0 Å². The van der Waals surface area contributed by atoms with Gasteiger partial charge in [0.2, 0.25) is 11.8 Å². The van der Waals surface area contributed by atoms with Crippen molar-refractivity contribution < 1.29 is 37.1 Å². The standard InChI is InChI=1S/C29H21F3N2O5/c30-29(31,32)19-11-5-6-12-20(19)33-21(35)14-39-22(36)13-34-27(37)25-23-15-7-1-2-8-16(15)24(26(25)28(34)38)18-10-4-3-9-17(18)23/h1-12,23-26H,13-14H2,(H,33,35)/t23?,24?,25-,26+. The number of amides is 3. The molecule has 198 valence electrons. The van der Waals surface area contributed by atoms with E-state index in [-0.39, 0.29) is 11.8 Å². The number of hydrogen-bond donors (Lipinski definition) is 1. The van der Waals surface area contributed by atoms with Crippen LogP contribution in [-0.2, 0) is 30.1 Å². The number of ether oxygens (including phenoxy) is 1. The molecule has 39 heavy (non-hydrogen) atoms. The Bertz CT molecular complexity index is 1420. The summed E-state index contributed by atoms with van der Waals surface area (Å²) in [5.74, 6) is -4.96. The molecule has 7 rings (SSSR count). The number of carbonyl (C=O) groups excluding carboxylic acids is 4. The first kappa shape index (κ1) is 24.8. The zero-order valence-corrected chi connectivity index (χ0v) is 20.3. The molecule has 0 saturated carbocycles. The molecule has 7 nitrogen and oxygen atoms in total. The maximum Gasteiger partial charge on any atom is 0.418 e. The van der Waals surface area contributed by atoms with Crippen molar-refractivity contribution in [1.82, 2.24) is 4.90 Å². The fourth-order valence-electron chi connectivity index (χ4n) is 6.24. The predicted octanol–water partition coefficient (Wildman–Crippen LogP) is 4.08. The summed E-state index contributed by atoms with van der Waals surface area (Å²) in [4.78, 5) is 52.7. The van der Waals surface area contributed by atoms with E-state index in [1.807, 2.05) is 48.5 Å². The maximum atomic E-state index is 13.5. The Balaban J connectivity index is 1.16. The van der Waals surface area contributed by atoms with Gasteiger partial charge in [-0.05, 0) is 34.4 Å². The minimum Gasteiger partial charge on any atom is -0.454 e. The largest absolute Gasteiger partial charge is 0.454 e. The Kier molecular flexibility index (Phi) is 5.78. The first-order valence-corrected chi connectivity index (χ1v) is 12.3. The van der Waals surface area contributed by atoms with Crippen molar-refractivity contribution >= 4 is 29.4 Å². The SMILES string of the molecule is O=C(COC(=O)CN1C(=O)[C@@H]2C3c4ccccc4C(c4ccccc43)[C@@H]2C1=O)Nc1ccccc1C(F)(F)F. The van der Waals surface area contributed by atoms with Crippen molar-refractivity contribution in [3.05, 3.63) is 101 Å². The lowest BCUT2D eigenvalue weighted by atomic mass is 9.55. The van der Waals surface area contributed by atoms with Crippen LogP contribution in [0.1, 0.15) is 39.7 Å². The highest BCUT2D eigenvalue weighted by molar-refractivity contribution is 6.09. The number of hydrogen-bond acceptors (Lipinski definition) is 5. The van der Waals surface area contributed by atoms with E-state index in [1.54, 1.807) is 0 Å². The van der Waals surface area contributed by atoms with Crippen LogP contribution >= 0.6 is 0 Å². The van der Waals surface area contributed by atoms with E-state index in [1.165, 1.54) is 12.1 Å². The number of likely N-dealkylation sites (tertiary alicyclic amines) is 1. The molecule has 0 aromatic heterocycles. The van der Waals surface area contributed by atoms with Crippen LogP contribution in [0.15, 0.2) is 72.8 Å². The van der Waals surface area contributed by atoms with Gasteiger partial charge in [-0.25, -0.2) is 0 Å². The van der Waals surface area contributed by atoms with Crippen LogP contribution in [0.25, 0.3) is 0 Å². The van der Waals surface area contributed by atoms with Gasteiger partial charge in [0.05, 0.1) is 23.1 Å². The van der Waals surface area contributed by atoms with Crippen LogP contribution in [-0.4, -0.2) is 41.7 Å². The zero-order chi connectivity index (χ0) is 27.5. The number of imide groups is 1. The molecule has 4 aliphatic rings. The van der Waals surface area contributed by atoms with Gasteiger partial charge >= 0.3 is 12.1 Å². The number of anilines is 1. The molecule has 1 heterocycles. The molecule has 0 unspecified atom stereocenters. The molecule has 3 aliphatic carbocycles. The summed E-state index contributed by atoms with van der Waals surface area (Å²) in [7, 11) is 0. The Morgan fingerprint density at radius 3 is 1.72 bits per heavy atom. The third kappa shape index (κ3) is 3.98. The molecule has 1 fully saturated rings. The Hall–Kier alpha value is -4.47. The summed E-state index contributed by atoms with van der Waals surface area (Å²) >= 11 is 0. The van der Waals surface area contributed by atoms with E-state index in [4.69, 9.17) is 4.74 Å².